The minimum Gasteiger partial charge on any atom is -0.288 e. The third-order valence-electron chi connectivity index (χ3n) is 2.87. The maximum Gasteiger partial charge on any atom is 0.287 e. The molecule has 0 fully saturated rings. The molecule has 0 bridgehead atoms. The standard InChI is InChI=1S/C15H11N3O2S/c19-14(18-20)13-12(10-6-2-1-3-7-10)17-15(21-13)11-8-4-5-9-16-11/h1-9,20H,(H,18,19). The second-order valence-corrected chi connectivity index (χ2v) is 5.22. The molecule has 0 atom stereocenters. The Labute approximate surface area is 124 Å². The first-order chi connectivity index (χ1) is 10.3. The van der Waals surface area contributed by atoms with E-state index in [1.165, 1.54) is 11.3 Å². The van der Waals surface area contributed by atoms with Gasteiger partial charge < -0.3 is 0 Å². The summed E-state index contributed by atoms with van der Waals surface area (Å²) in [6.07, 6.45) is 1.67. The molecule has 2 aromatic heterocycles. The van der Waals surface area contributed by atoms with E-state index in [4.69, 9.17) is 5.21 Å². The SMILES string of the molecule is O=C(NO)c1sc(-c2ccccn2)nc1-c1ccccc1. The lowest BCUT2D eigenvalue weighted by atomic mass is 10.1. The minimum atomic E-state index is -0.575. The van der Waals surface area contributed by atoms with Gasteiger partial charge in [-0.15, -0.1) is 11.3 Å². The van der Waals surface area contributed by atoms with E-state index in [9.17, 15) is 4.79 Å². The Balaban J connectivity index is 2.14. The van der Waals surface area contributed by atoms with E-state index in [1.807, 2.05) is 48.5 Å². The average molecular weight is 297 g/mol. The highest BCUT2D eigenvalue weighted by Gasteiger charge is 2.20. The second-order valence-electron chi connectivity index (χ2n) is 4.22. The molecule has 2 N–H and O–H groups in total. The van der Waals surface area contributed by atoms with Crippen molar-refractivity contribution in [2.75, 3.05) is 0 Å². The van der Waals surface area contributed by atoms with Gasteiger partial charge >= 0.3 is 0 Å². The van der Waals surface area contributed by atoms with Crippen LogP contribution in [0, 0.1) is 0 Å². The summed E-state index contributed by atoms with van der Waals surface area (Å²) < 4.78 is 0. The number of hydrogen-bond donors (Lipinski definition) is 2. The van der Waals surface area contributed by atoms with Crippen LogP contribution in [-0.2, 0) is 0 Å². The van der Waals surface area contributed by atoms with E-state index in [0.717, 1.165) is 5.56 Å². The predicted octanol–water partition coefficient (Wildman–Crippen LogP) is 2.99. The lowest BCUT2D eigenvalue weighted by Gasteiger charge is -1.99. The molecular weight excluding hydrogens is 286 g/mol. The van der Waals surface area contributed by atoms with Crippen molar-refractivity contribution < 1.29 is 10.0 Å². The molecule has 3 aromatic rings. The summed E-state index contributed by atoms with van der Waals surface area (Å²) in [7, 11) is 0. The number of nitrogens with zero attached hydrogens (tertiary/aromatic N) is 2. The van der Waals surface area contributed by atoms with Gasteiger partial charge in [-0.05, 0) is 12.1 Å². The number of carbonyl (C=O) groups is 1. The van der Waals surface area contributed by atoms with Crippen molar-refractivity contribution in [1.82, 2.24) is 15.4 Å². The van der Waals surface area contributed by atoms with Gasteiger partial charge in [-0.3, -0.25) is 15.0 Å². The molecule has 0 aliphatic heterocycles. The van der Waals surface area contributed by atoms with E-state index < -0.39 is 5.91 Å². The van der Waals surface area contributed by atoms with Crippen LogP contribution in [0.1, 0.15) is 9.67 Å². The number of carbonyl (C=O) groups excluding carboxylic acids is 1. The number of nitrogens with one attached hydrogen (secondary N) is 1. The summed E-state index contributed by atoms with van der Waals surface area (Å²) >= 11 is 1.19. The van der Waals surface area contributed by atoms with Crippen LogP contribution < -0.4 is 5.48 Å². The highest BCUT2D eigenvalue weighted by molar-refractivity contribution is 7.17. The molecule has 104 valence electrons. The second kappa shape index (κ2) is 5.82. The van der Waals surface area contributed by atoms with Gasteiger partial charge in [-0.2, -0.15) is 0 Å². The topological polar surface area (TPSA) is 75.1 Å². The van der Waals surface area contributed by atoms with E-state index in [0.29, 0.717) is 21.3 Å². The van der Waals surface area contributed by atoms with E-state index in [2.05, 4.69) is 9.97 Å². The number of hydroxylamine groups is 1. The van der Waals surface area contributed by atoms with Crippen LogP contribution in [0.3, 0.4) is 0 Å². The van der Waals surface area contributed by atoms with Gasteiger partial charge in [0.1, 0.15) is 9.88 Å². The van der Waals surface area contributed by atoms with Crippen LogP contribution in [0.4, 0.5) is 0 Å². The van der Waals surface area contributed by atoms with Gasteiger partial charge in [-0.1, -0.05) is 36.4 Å². The third-order valence-corrected chi connectivity index (χ3v) is 3.94. The molecule has 1 amide bonds. The molecule has 2 heterocycles. The summed E-state index contributed by atoms with van der Waals surface area (Å²) in [4.78, 5) is 20.9. The number of aromatic nitrogens is 2. The van der Waals surface area contributed by atoms with Crippen LogP contribution >= 0.6 is 11.3 Å². The number of amides is 1. The molecule has 5 nitrogen and oxygen atoms in total. The highest BCUT2D eigenvalue weighted by atomic mass is 32.1. The van der Waals surface area contributed by atoms with E-state index in [1.54, 1.807) is 11.7 Å². The first-order valence-electron chi connectivity index (χ1n) is 6.21. The maximum absolute atomic E-state index is 11.8. The molecule has 0 aliphatic rings. The van der Waals surface area contributed by atoms with Crippen molar-refractivity contribution in [3.8, 4) is 22.0 Å². The summed E-state index contributed by atoms with van der Waals surface area (Å²) in [5.41, 5.74) is 3.71. The Hall–Kier alpha value is -2.57. The Bertz CT molecular complexity index is 757. The fourth-order valence-electron chi connectivity index (χ4n) is 1.92. The summed E-state index contributed by atoms with van der Waals surface area (Å²) in [5.74, 6) is -0.575. The summed E-state index contributed by atoms with van der Waals surface area (Å²) in [6, 6.07) is 14.9. The fourth-order valence-corrected chi connectivity index (χ4v) is 2.87. The van der Waals surface area contributed by atoms with E-state index in [-0.39, 0.29) is 0 Å². The van der Waals surface area contributed by atoms with Crippen molar-refractivity contribution in [1.29, 1.82) is 0 Å². The molecule has 0 saturated heterocycles. The third kappa shape index (κ3) is 2.67. The number of thiazole rings is 1. The number of pyridine rings is 1. The Morgan fingerprint density at radius 3 is 2.52 bits per heavy atom. The largest absolute Gasteiger partial charge is 0.288 e. The molecule has 6 heteroatoms. The molecular formula is C15H11N3O2S. The predicted molar refractivity (Wildman–Crippen MR) is 80.0 cm³/mol. The van der Waals surface area contributed by atoms with Crippen molar-refractivity contribution in [3.63, 3.8) is 0 Å². The molecule has 0 spiro atoms. The van der Waals surface area contributed by atoms with Gasteiger partial charge in [0.2, 0.25) is 0 Å². The lowest BCUT2D eigenvalue weighted by molar-refractivity contribution is 0.0711. The number of hydrogen-bond acceptors (Lipinski definition) is 5. The van der Waals surface area contributed by atoms with Crippen LogP contribution in [-0.4, -0.2) is 21.1 Å². The Morgan fingerprint density at radius 2 is 1.86 bits per heavy atom. The Morgan fingerprint density at radius 1 is 1.10 bits per heavy atom. The van der Waals surface area contributed by atoms with Gasteiger partial charge in [0.25, 0.3) is 5.91 Å². The zero-order chi connectivity index (χ0) is 14.7. The monoisotopic (exact) mass is 297 g/mol. The van der Waals surface area contributed by atoms with Crippen LogP contribution in [0.2, 0.25) is 0 Å². The van der Waals surface area contributed by atoms with Crippen LogP contribution in [0.15, 0.2) is 54.7 Å². The molecule has 3 rings (SSSR count). The zero-order valence-corrected chi connectivity index (χ0v) is 11.7. The molecule has 0 radical (unpaired) electrons. The zero-order valence-electron chi connectivity index (χ0n) is 10.9. The number of rotatable bonds is 3. The average Bonchev–Trinajstić information content (AvgIpc) is 3.01. The smallest absolute Gasteiger partial charge is 0.287 e. The quantitative estimate of drug-likeness (QED) is 0.575. The van der Waals surface area contributed by atoms with Gasteiger partial charge in [-0.25, -0.2) is 10.5 Å². The van der Waals surface area contributed by atoms with Crippen molar-refractivity contribution in [2.24, 2.45) is 0 Å². The molecule has 0 unspecified atom stereocenters. The maximum atomic E-state index is 11.8. The first kappa shape index (κ1) is 13.4. The normalized spacial score (nSPS) is 10.3. The lowest BCUT2D eigenvalue weighted by Crippen LogP contribution is -2.18. The van der Waals surface area contributed by atoms with Crippen LogP contribution in [0.5, 0.6) is 0 Å². The summed E-state index contributed by atoms with van der Waals surface area (Å²) in [5, 5.41) is 9.54. The fraction of sp³-hybridized carbons (Fsp3) is 0. The van der Waals surface area contributed by atoms with Crippen LogP contribution in [0.25, 0.3) is 22.0 Å². The van der Waals surface area contributed by atoms with Gasteiger partial charge in [0.15, 0.2) is 0 Å². The van der Waals surface area contributed by atoms with Gasteiger partial charge in [0.05, 0.1) is 11.4 Å². The molecule has 0 saturated carbocycles. The first-order valence-corrected chi connectivity index (χ1v) is 7.03. The molecule has 1 aromatic carbocycles. The molecule has 21 heavy (non-hydrogen) atoms. The van der Waals surface area contributed by atoms with Crippen molar-refractivity contribution in [2.45, 2.75) is 0 Å². The van der Waals surface area contributed by atoms with Crippen molar-refractivity contribution >= 4 is 17.2 Å². The van der Waals surface area contributed by atoms with E-state index >= 15 is 0 Å². The Kier molecular flexibility index (Phi) is 3.72. The van der Waals surface area contributed by atoms with Crippen molar-refractivity contribution in [3.05, 3.63) is 59.6 Å². The minimum absolute atomic E-state index is 0.351. The van der Waals surface area contributed by atoms with Gasteiger partial charge in [0, 0.05) is 11.8 Å². The highest BCUT2D eigenvalue weighted by Crippen LogP contribution is 2.32. The number of benzene rings is 1. The molecule has 0 aliphatic carbocycles. The summed E-state index contributed by atoms with van der Waals surface area (Å²) in [6.45, 7) is 0.